The Morgan fingerprint density at radius 3 is 2.34 bits per heavy atom. The zero-order valence-corrected chi connectivity index (χ0v) is 16.4. The molecule has 11 nitrogen and oxygen atoms in total. The molecule has 0 bridgehead atoms. The number of aliphatic carboxylic acids is 1. The van der Waals surface area contributed by atoms with Crippen LogP contribution >= 0.6 is 0 Å². The summed E-state index contributed by atoms with van der Waals surface area (Å²) in [5.41, 5.74) is 0.569. The van der Waals surface area contributed by atoms with Crippen molar-refractivity contribution in [2.24, 2.45) is 0 Å². The van der Waals surface area contributed by atoms with Crippen molar-refractivity contribution in [2.75, 3.05) is 0 Å². The van der Waals surface area contributed by atoms with E-state index in [1.807, 2.05) is 0 Å². The fraction of sp³-hybridized carbons (Fsp3) is 0.333. The molecule has 1 fully saturated rings. The lowest BCUT2D eigenvalue weighted by Gasteiger charge is -2.38. The minimum Gasteiger partial charge on any atom is -0.508 e. The van der Waals surface area contributed by atoms with Gasteiger partial charge in [-0.1, -0.05) is 12.1 Å². The number of ether oxygens (including phenoxy) is 3. The van der Waals surface area contributed by atoms with Gasteiger partial charge in [-0.15, -0.1) is 0 Å². The summed E-state index contributed by atoms with van der Waals surface area (Å²) in [6.45, 7) is 0. The van der Waals surface area contributed by atoms with Crippen LogP contribution in [0.2, 0.25) is 0 Å². The summed E-state index contributed by atoms with van der Waals surface area (Å²) in [6.07, 6.45) is -9.40. The Morgan fingerprint density at radius 1 is 1.00 bits per heavy atom. The van der Waals surface area contributed by atoms with Crippen LogP contribution in [0.5, 0.6) is 23.0 Å². The number of benzene rings is 2. The molecule has 6 atom stereocenters. The SMILES string of the molecule is O=C1CC(c2ccc(O[C@@H]3OC(C(=O)O)[C@@H](O)[C@H](O)C3O)cc2)Oc2cc(O)cc(O)c21. The van der Waals surface area contributed by atoms with E-state index in [0.717, 1.165) is 6.07 Å². The number of carbonyl (C=O) groups is 2. The van der Waals surface area contributed by atoms with Crippen molar-refractivity contribution in [3.05, 3.63) is 47.5 Å². The molecule has 11 heteroatoms. The Bertz CT molecular complexity index is 1030. The number of fused-ring (bicyclic) bond motifs is 1. The van der Waals surface area contributed by atoms with Crippen LogP contribution in [0.4, 0.5) is 0 Å². The predicted octanol–water partition coefficient (Wildman–Crippen LogP) is 0.0753. The van der Waals surface area contributed by atoms with Crippen LogP contribution < -0.4 is 9.47 Å². The molecule has 0 aromatic heterocycles. The van der Waals surface area contributed by atoms with Crippen molar-refractivity contribution < 1.29 is 54.4 Å². The first kappa shape index (κ1) is 21.8. The van der Waals surface area contributed by atoms with Crippen LogP contribution in [0.1, 0.15) is 28.4 Å². The number of ketones is 1. The van der Waals surface area contributed by atoms with Crippen LogP contribution in [0.25, 0.3) is 0 Å². The van der Waals surface area contributed by atoms with Gasteiger partial charge in [0.15, 0.2) is 11.9 Å². The third-order valence-electron chi connectivity index (χ3n) is 5.30. The number of aliphatic hydroxyl groups excluding tert-OH is 3. The summed E-state index contributed by atoms with van der Waals surface area (Å²) >= 11 is 0. The van der Waals surface area contributed by atoms with Crippen molar-refractivity contribution in [3.8, 4) is 23.0 Å². The van der Waals surface area contributed by atoms with Crippen molar-refractivity contribution in [1.29, 1.82) is 0 Å². The smallest absolute Gasteiger partial charge is 0.335 e. The maximum atomic E-state index is 12.4. The molecule has 170 valence electrons. The summed E-state index contributed by atoms with van der Waals surface area (Å²) in [4.78, 5) is 23.6. The van der Waals surface area contributed by atoms with Gasteiger partial charge in [-0.2, -0.15) is 0 Å². The third kappa shape index (κ3) is 3.94. The van der Waals surface area contributed by atoms with E-state index in [-0.39, 0.29) is 40.8 Å². The number of phenols is 2. The number of Topliss-reactive ketones (excluding diaryl/α,β-unsaturated/α-hetero) is 1. The molecule has 1 saturated heterocycles. The van der Waals surface area contributed by atoms with Crippen molar-refractivity contribution in [2.45, 2.75) is 43.2 Å². The minimum absolute atomic E-state index is 0.00355. The first-order valence-corrected chi connectivity index (χ1v) is 9.60. The molecule has 3 unspecified atom stereocenters. The Balaban J connectivity index is 1.49. The van der Waals surface area contributed by atoms with Gasteiger partial charge in [-0.25, -0.2) is 4.79 Å². The van der Waals surface area contributed by atoms with E-state index in [0.29, 0.717) is 5.56 Å². The molecule has 32 heavy (non-hydrogen) atoms. The van der Waals surface area contributed by atoms with Crippen LogP contribution in [-0.2, 0) is 9.53 Å². The van der Waals surface area contributed by atoms with Crippen LogP contribution in [0.3, 0.4) is 0 Å². The average molecular weight is 448 g/mol. The summed E-state index contributed by atoms with van der Waals surface area (Å²) in [5.74, 6) is -2.30. The maximum absolute atomic E-state index is 12.4. The average Bonchev–Trinajstić information content (AvgIpc) is 2.73. The molecule has 2 aliphatic rings. The van der Waals surface area contributed by atoms with Gasteiger partial charge in [0.05, 0.1) is 6.42 Å². The fourth-order valence-corrected chi connectivity index (χ4v) is 3.66. The van der Waals surface area contributed by atoms with Crippen molar-refractivity contribution >= 4 is 11.8 Å². The van der Waals surface area contributed by atoms with Gasteiger partial charge in [-0.05, 0) is 17.7 Å². The summed E-state index contributed by atoms with van der Waals surface area (Å²) in [6, 6.07) is 8.34. The largest absolute Gasteiger partial charge is 0.508 e. The molecule has 2 heterocycles. The molecular weight excluding hydrogens is 428 g/mol. The lowest BCUT2D eigenvalue weighted by molar-refractivity contribution is -0.271. The quantitative estimate of drug-likeness (QED) is 0.372. The van der Waals surface area contributed by atoms with E-state index in [2.05, 4.69) is 0 Å². The Morgan fingerprint density at radius 2 is 1.69 bits per heavy atom. The zero-order chi connectivity index (χ0) is 23.2. The number of aliphatic hydroxyl groups is 3. The number of aromatic hydroxyl groups is 2. The van der Waals surface area contributed by atoms with Gasteiger partial charge in [0.25, 0.3) is 0 Å². The number of phenolic OH excluding ortho intramolecular Hbond substituents is 2. The second-order valence-corrected chi connectivity index (χ2v) is 7.49. The zero-order valence-electron chi connectivity index (χ0n) is 16.4. The molecule has 0 spiro atoms. The van der Waals surface area contributed by atoms with Gasteiger partial charge >= 0.3 is 5.97 Å². The molecule has 0 amide bonds. The summed E-state index contributed by atoms with van der Waals surface area (Å²) in [5, 5.41) is 58.3. The van der Waals surface area contributed by atoms with E-state index in [9.17, 15) is 35.1 Å². The van der Waals surface area contributed by atoms with Crippen LogP contribution in [0, 0.1) is 0 Å². The first-order valence-electron chi connectivity index (χ1n) is 9.60. The number of carboxylic acids is 1. The molecule has 0 aliphatic carbocycles. The predicted molar refractivity (Wildman–Crippen MR) is 103 cm³/mol. The second-order valence-electron chi connectivity index (χ2n) is 7.49. The highest BCUT2D eigenvalue weighted by Gasteiger charge is 2.48. The van der Waals surface area contributed by atoms with E-state index in [1.165, 1.54) is 18.2 Å². The number of hydrogen-bond donors (Lipinski definition) is 6. The maximum Gasteiger partial charge on any atom is 0.335 e. The van der Waals surface area contributed by atoms with Gasteiger partial charge in [0, 0.05) is 12.1 Å². The second kappa shape index (κ2) is 8.28. The highest BCUT2D eigenvalue weighted by atomic mass is 16.7. The van der Waals surface area contributed by atoms with Gasteiger partial charge < -0.3 is 44.8 Å². The lowest BCUT2D eigenvalue weighted by Crippen LogP contribution is -2.61. The summed E-state index contributed by atoms with van der Waals surface area (Å²) < 4.78 is 16.3. The Labute approximate surface area is 180 Å². The molecule has 2 aromatic rings. The molecule has 0 saturated carbocycles. The topological polar surface area (TPSA) is 183 Å². The van der Waals surface area contributed by atoms with E-state index < -0.39 is 42.8 Å². The van der Waals surface area contributed by atoms with E-state index in [1.54, 1.807) is 12.1 Å². The molecule has 0 radical (unpaired) electrons. The van der Waals surface area contributed by atoms with Crippen molar-refractivity contribution in [1.82, 2.24) is 0 Å². The first-order chi connectivity index (χ1) is 15.2. The van der Waals surface area contributed by atoms with Gasteiger partial charge in [0.2, 0.25) is 6.29 Å². The minimum atomic E-state index is -1.83. The number of rotatable bonds is 4. The Hall–Kier alpha value is -3.38. The van der Waals surface area contributed by atoms with Gasteiger partial charge in [0.1, 0.15) is 53.0 Å². The molecule has 4 rings (SSSR count). The fourth-order valence-electron chi connectivity index (χ4n) is 3.66. The van der Waals surface area contributed by atoms with Crippen LogP contribution in [-0.4, -0.2) is 73.1 Å². The number of carbonyl (C=O) groups excluding carboxylic acids is 1. The normalized spacial score (nSPS) is 29.7. The van der Waals surface area contributed by atoms with E-state index in [4.69, 9.17) is 19.3 Å². The molecule has 6 N–H and O–H groups in total. The Kier molecular flexibility index (Phi) is 5.65. The highest BCUT2D eigenvalue weighted by molar-refractivity contribution is 6.02. The van der Waals surface area contributed by atoms with Gasteiger partial charge in [-0.3, -0.25) is 4.79 Å². The standard InChI is InChI=1S/C21H20O11/c22-9-5-11(23)15-12(24)7-13(31-14(15)6-9)8-1-3-10(4-2-8)30-21-18(27)16(25)17(26)19(32-21)20(28)29/h1-6,13,16-19,21-23,25-27H,7H2,(H,28,29)/t13?,16-,17-,18?,19?,21+/m0/s1. The van der Waals surface area contributed by atoms with Crippen molar-refractivity contribution in [3.63, 3.8) is 0 Å². The lowest BCUT2D eigenvalue weighted by atomic mass is 9.95. The molecule has 2 aliphatic heterocycles. The van der Waals surface area contributed by atoms with Crippen LogP contribution in [0.15, 0.2) is 36.4 Å². The summed E-state index contributed by atoms with van der Waals surface area (Å²) in [7, 11) is 0. The number of hydrogen-bond acceptors (Lipinski definition) is 10. The number of carboxylic acid groups (broad SMARTS) is 1. The van der Waals surface area contributed by atoms with E-state index >= 15 is 0 Å². The highest BCUT2D eigenvalue weighted by Crippen LogP contribution is 2.41. The molecule has 2 aromatic carbocycles. The monoisotopic (exact) mass is 448 g/mol. The third-order valence-corrected chi connectivity index (χ3v) is 5.30. The molecular formula is C21H20O11.